The molecule has 0 saturated carbocycles. The second kappa shape index (κ2) is 4.42. The lowest BCUT2D eigenvalue weighted by Crippen LogP contribution is -2.35. The van der Waals surface area contributed by atoms with E-state index in [-0.39, 0.29) is 5.60 Å². The van der Waals surface area contributed by atoms with Crippen LogP contribution in [0.4, 0.5) is 0 Å². The average Bonchev–Trinajstić information content (AvgIpc) is 2.81. The van der Waals surface area contributed by atoms with Crippen molar-refractivity contribution >= 4 is 0 Å². The van der Waals surface area contributed by atoms with Gasteiger partial charge in [0.2, 0.25) is 0 Å². The predicted molar refractivity (Wildman–Crippen MR) is 63.0 cm³/mol. The fraction of sp³-hybridized carbons (Fsp3) is 1.00. The second-order valence-electron chi connectivity index (χ2n) is 6.35. The number of hydrogen-bond acceptors (Lipinski definition) is 2. The van der Waals surface area contributed by atoms with E-state index in [1.807, 2.05) is 0 Å². The Balaban J connectivity index is 2.38. The Hall–Kier alpha value is -0.0800. The van der Waals surface area contributed by atoms with Gasteiger partial charge in [-0.1, -0.05) is 27.7 Å². The minimum Gasteiger partial charge on any atom is -0.373 e. The average molecular weight is 214 g/mol. The summed E-state index contributed by atoms with van der Waals surface area (Å²) in [5.41, 5.74) is 0.285. The molecule has 2 nitrogen and oxygen atoms in total. The van der Waals surface area contributed by atoms with Gasteiger partial charge in [0.25, 0.3) is 0 Å². The summed E-state index contributed by atoms with van der Waals surface area (Å²) in [5.74, 6) is 0.678. The predicted octanol–water partition coefficient (Wildman–Crippen LogP) is 3.25. The van der Waals surface area contributed by atoms with Gasteiger partial charge in [-0.15, -0.1) is 0 Å². The molecule has 0 radical (unpaired) electrons. The molecule has 0 bridgehead atoms. The second-order valence-corrected chi connectivity index (χ2v) is 6.35. The lowest BCUT2D eigenvalue weighted by Gasteiger charge is -2.37. The molecule has 0 spiro atoms. The van der Waals surface area contributed by atoms with Gasteiger partial charge in [0.15, 0.2) is 0 Å². The van der Waals surface area contributed by atoms with Gasteiger partial charge in [0.05, 0.1) is 18.8 Å². The van der Waals surface area contributed by atoms with Crippen molar-refractivity contribution in [3.05, 3.63) is 0 Å². The summed E-state index contributed by atoms with van der Waals surface area (Å²) >= 11 is 0. The molecule has 1 unspecified atom stereocenters. The molecule has 1 aliphatic heterocycles. The SMILES string of the molecule is CC(C)C(C)(C)CC(C)(C)OCC1CO1. The summed E-state index contributed by atoms with van der Waals surface area (Å²) in [7, 11) is 0. The van der Waals surface area contributed by atoms with Crippen LogP contribution in [0.2, 0.25) is 0 Å². The molecule has 0 aromatic heterocycles. The minimum atomic E-state index is -0.0419. The molecule has 0 aromatic rings. The molecule has 1 aliphatic rings. The molecule has 2 heteroatoms. The molecule has 15 heavy (non-hydrogen) atoms. The maximum absolute atomic E-state index is 5.91. The van der Waals surface area contributed by atoms with Gasteiger partial charge in [0.1, 0.15) is 6.10 Å². The Morgan fingerprint density at radius 2 is 1.80 bits per heavy atom. The number of epoxide rings is 1. The Morgan fingerprint density at radius 1 is 1.27 bits per heavy atom. The van der Waals surface area contributed by atoms with Gasteiger partial charge in [-0.2, -0.15) is 0 Å². The zero-order valence-electron chi connectivity index (χ0n) is 11.1. The molecule has 1 heterocycles. The lowest BCUT2D eigenvalue weighted by molar-refractivity contribution is -0.0582. The highest BCUT2D eigenvalue weighted by atomic mass is 16.6. The van der Waals surface area contributed by atoms with Crippen LogP contribution in [0.25, 0.3) is 0 Å². The number of ether oxygens (including phenoxy) is 2. The first-order valence-corrected chi connectivity index (χ1v) is 5.98. The summed E-state index contributed by atoms with van der Waals surface area (Å²) in [4.78, 5) is 0. The van der Waals surface area contributed by atoms with Crippen LogP contribution in [0.3, 0.4) is 0 Å². The van der Waals surface area contributed by atoms with Crippen molar-refractivity contribution in [1.82, 2.24) is 0 Å². The number of rotatable bonds is 6. The minimum absolute atomic E-state index is 0.0419. The third kappa shape index (κ3) is 4.52. The van der Waals surface area contributed by atoms with E-state index in [0.717, 1.165) is 19.6 Å². The lowest BCUT2D eigenvalue weighted by atomic mass is 9.73. The summed E-state index contributed by atoms with van der Waals surface area (Å²) in [6.07, 6.45) is 1.45. The van der Waals surface area contributed by atoms with Crippen molar-refractivity contribution in [3.8, 4) is 0 Å². The highest BCUT2D eigenvalue weighted by molar-refractivity contribution is 4.83. The third-order valence-electron chi connectivity index (χ3n) is 3.51. The largest absolute Gasteiger partial charge is 0.373 e. The van der Waals surface area contributed by atoms with Gasteiger partial charge in [0, 0.05) is 0 Å². The first-order valence-electron chi connectivity index (χ1n) is 5.98. The van der Waals surface area contributed by atoms with Crippen molar-refractivity contribution in [1.29, 1.82) is 0 Å². The van der Waals surface area contributed by atoms with E-state index in [1.165, 1.54) is 0 Å². The van der Waals surface area contributed by atoms with Gasteiger partial charge in [-0.05, 0) is 31.6 Å². The van der Waals surface area contributed by atoms with Crippen LogP contribution < -0.4 is 0 Å². The first kappa shape index (κ1) is 13.0. The van der Waals surface area contributed by atoms with Gasteiger partial charge in [-0.25, -0.2) is 0 Å². The Bertz CT molecular complexity index is 203. The van der Waals surface area contributed by atoms with Crippen molar-refractivity contribution < 1.29 is 9.47 Å². The van der Waals surface area contributed by atoms with Crippen LogP contribution >= 0.6 is 0 Å². The molecule has 1 fully saturated rings. The maximum atomic E-state index is 5.91. The van der Waals surface area contributed by atoms with Gasteiger partial charge in [-0.3, -0.25) is 0 Å². The van der Waals surface area contributed by atoms with Crippen molar-refractivity contribution in [2.45, 2.75) is 59.7 Å². The summed E-state index contributed by atoms with van der Waals surface area (Å²) in [5, 5.41) is 0. The van der Waals surface area contributed by atoms with Crippen LogP contribution in [0, 0.1) is 11.3 Å². The highest BCUT2D eigenvalue weighted by Gasteiger charge is 2.33. The molecule has 0 N–H and O–H groups in total. The molecule has 90 valence electrons. The van der Waals surface area contributed by atoms with Crippen molar-refractivity contribution in [2.24, 2.45) is 11.3 Å². The van der Waals surface area contributed by atoms with Crippen molar-refractivity contribution in [2.75, 3.05) is 13.2 Å². The normalized spacial score (nSPS) is 22.2. The van der Waals surface area contributed by atoms with Gasteiger partial charge >= 0.3 is 0 Å². The Labute approximate surface area is 94.3 Å². The summed E-state index contributed by atoms with van der Waals surface area (Å²) < 4.78 is 11.1. The fourth-order valence-electron chi connectivity index (χ4n) is 1.84. The van der Waals surface area contributed by atoms with Crippen LogP contribution in [0.1, 0.15) is 48.0 Å². The van der Waals surface area contributed by atoms with Crippen LogP contribution in [-0.4, -0.2) is 24.9 Å². The molecular formula is C13H26O2. The van der Waals surface area contributed by atoms with E-state index in [4.69, 9.17) is 9.47 Å². The summed E-state index contributed by atoms with van der Waals surface area (Å²) in [6.45, 7) is 15.2. The first-order chi connectivity index (χ1) is 6.73. The summed E-state index contributed by atoms with van der Waals surface area (Å²) in [6, 6.07) is 0. The van der Waals surface area contributed by atoms with E-state index in [1.54, 1.807) is 0 Å². The quantitative estimate of drug-likeness (QED) is 0.633. The Kier molecular flexibility index (Phi) is 3.83. The highest BCUT2D eigenvalue weighted by Crippen LogP contribution is 2.36. The van der Waals surface area contributed by atoms with Gasteiger partial charge < -0.3 is 9.47 Å². The standard InChI is InChI=1S/C13H26O2/c1-10(2)12(3,4)9-13(5,6)15-8-11-7-14-11/h10-11H,7-9H2,1-6H3. The molecule has 0 aliphatic carbocycles. The topological polar surface area (TPSA) is 21.8 Å². The van der Waals surface area contributed by atoms with Crippen LogP contribution in [0.5, 0.6) is 0 Å². The molecule has 1 saturated heterocycles. The zero-order valence-corrected chi connectivity index (χ0v) is 11.1. The monoisotopic (exact) mass is 214 g/mol. The molecular weight excluding hydrogens is 188 g/mol. The zero-order chi connectivity index (χ0) is 11.7. The van der Waals surface area contributed by atoms with Crippen LogP contribution in [0.15, 0.2) is 0 Å². The van der Waals surface area contributed by atoms with E-state index in [2.05, 4.69) is 41.5 Å². The third-order valence-corrected chi connectivity index (χ3v) is 3.51. The van der Waals surface area contributed by atoms with E-state index < -0.39 is 0 Å². The Morgan fingerprint density at radius 3 is 2.20 bits per heavy atom. The molecule has 0 amide bonds. The van der Waals surface area contributed by atoms with E-state index in [0.29, 0.717) is 17.4 Å². The molecule has 1 rings (SSSR count). The smallest absolute Gasteiger partial charge is 0.104 e. The van der Waals surface area contributed by atoms with E-state index >= 15 is 0 Å². The molecule has 1 atom stereocenters. The fourth-order valence-corrected chi connectivity index (χ4v) is 1.84. The van der Waals surface area contributed by atoms with E-state index in [9.17, 15) is 0 Å². The number of hydrogen-bond donors (Lipinski definition) is 0. The molecule has 0 aromatic carbocycles. The van der Waals surface area contributed by atoms with Crippen molar-refractivity contribution in [3.63, 3.8) is 0 Å². The maximum Gasteiger partial charge on any atom is 0.104 e. The van der Waals surface area contributed by atoms with Crippen LogP contribution in [-0.2, 0) is 9.47 Å².